The van der Waals surface area contributed by atoms with E-state index in [4.69, 9.17) is 20.4 Å². The molecule has 46 heavy (non-hydrogen) atoms. The Balaban J connectivity index is 1.09. The van der Waals surface area contributed by atoms with Crippen molar-refractivity contribution in [1.82, 2.24) is 30.0 Å². The minimum Gasteiger partial charge on any atom is -0.380 e. The molecule has 4 aliphatic rings. The SMILES string of the molecule is Cc1cc(-c2nc(C(N)=O)c(Nc3ccc(N4CCC(N5CCN(C)CC5)CC4)c(C)c3)nc2NC2CCC3(CC2)COC3)n[nH]1. The normalized spacial score (nSPS) is 21.3. The molecule has 0 atom stereocenters. The lowest BCUT2D eigenvalue weighted by Crippen LogP contribution is -2.52. The number of anilines is 4. The predicted octanol–water partition coefficient (Wildman–Crippen LogP) is 3.91. The van der Waals surface area contributed by atoms with Crippen LogP contribution in [0.15, 0.2) is 24.3 Å². The van der Waals surface area contributed by atoms with Gasteiger partial charge in [0.1, 0.15) is 11.4 Å². The molecule has 1 aromatic carbocycles. The third kappa shape index (κ3) is 6.43. The van der Waals surface area contributed by atoms with Gasteiger partial charge in [0.25, 0.3) is 5.91 Å². The van der Waals surface area contributed by atoms with Crippen molar-refractivity contribution < 1.29 is 9.53 Å². The van der Waals surface area contributed by atoms with Gasteiger partial charge < -0.3 is 30.9 Å². The van der Waals surface area contributed by atoms with Gasteiger partial charge in [-0.25, -0.2) is 9.97 Å². The first-order valence-electron chi connectivity index (χ1n) is 16.9. The Morgan fingerprint density at radius 1 is 0.978 bits per heavy atom. The first-order chi connectivity index (χ1) is 22.2. The van der Waals surface area contributed by atoms with Gasteiger partial charge in [0.15, 0.2) is 17.3 Å². The lowest BCUT2D eigenvalue weighted by molar-refractivity contribution is -0.131. The Labute approximate surface area is 271 Å². The fourth-order valence-electron chi connectivity index (χ4n) is 7.64. The van der Waals surface area contributed by atoms with E-state index in [1.165, 1.54) is 37.2 Å². The van der Waals surface area contributed by atoms with E-state index in [-0.39, 0.29) is 11.7 Å². The van der Waals surface area contributed by atoms with E-state index in [9.17, 15) is 4.79 Å². The number of piperidine rings is 1. The minimum atomic E-state index is -0.642. The number of nitrogens with zero attached hydrogens (tertiary/aromatic N) is 6. The first kappa shape index (κ1) is 30.9. The van der Waals surface area contributed by atoms with Crippen molar-refractivity contribution in [2.45, 2.75) is 64.5 Å². The van der Waals surface area contributed by atoms with E-state index in [2.05, 4.69) is 67.7 Å². The molecule has 2 aromatic heterocycles. The molecule has 3 saturated heterocycles. The highest BCUT2D eigenvalue weighted by Crippen LogP contribution is 2.43. The highest BCUT2D eigenvalue weighted by Gasteiger charge is 2.41. The molecular formula is C34H48N10O2. The number of nitrogens with one attached hydrogen (secondary N) is 3. The van der Waals surface area contributed by atoms with E-state index in [1.807, 2.05) is 13.0 Å². The smallest absolute Gasteiger partial charge is 0.271 e. The summed E-state index contributed by atoms with van der Waals surface area (Å²) < 4.78 is 5.52. The summed E-state index contributed by atoms with van der Waals surface area (Å²) in [6, 6.07) is 9.18. The van der Waals surface area contributed by atoms with Gasteiger partial charge in [-0.05, 0) is 89.2 Å². The van der Waals surface area contributed by atoms with Gasteiger partial charge in [0.2, 0.25) is 0 Å². The number of rotatable bonds is 8. The quantitative estimate of drug-likeness (QED) is 0.290. The Morgan fingerprint density at radius 2 is 1.72 bits per heavy atom. The second-order valence-electron chi connectivity index (χ2n) is 14.0. The minimum absolute atomic E-state index is 0.0862. The maximum Gasteiger partial charge on any atom is 0.271 e. The number of hydrogen-bond acceptors (Lipinski definition) is 10. The zero-order valence-corrected chi connectivity index (χ0v) is 27.4. The van der Waals surface area contributed by atoms with Gasteiger partial charge >= 0.3 is 0 Å². The molecule has 12 heteroatoms. The van der Waals surface area contributed by atoms with Crippen molar-refractivity contribution in [3.63, 3.8) is 0 Å². The van der Waals surface area contributed by atoms with Crippen LogP contribution < -0.4 is 21.3 Å². The number of aromatic amines is 1. The van der Waals surface area contributed by atoms with Crippen LogP contribution in [0.1, 0.15) is 60.3 Å². The van der Waals surface area contributed by atoms with E-state index >= 15 is 0 Å². The number of benzene rings is 1. The Morgan fingerprint density at radius 3 is 2.33 bits per heavy atom. The van der Waals surface area contributed by atoms with Gasteiger partial charge in [-0.2, -0.15) is 5.10 Å². The summed E-state index contributed by atoms with van der Waals surface area (Å²) in [4.78, 5) is 30.0. The molecule has 246 valence electrons. The third-order valence-electron chi connectivity index (χ3n) is 10.6. The van der Waals surface area contributed by atoms with E-state index < -0.39 is 5.91 Å². The molecule has 3 aliphatic heterocycles. The van der Waals surface area contributed by atoms with Crippen molar-refractivity contribution in [2.75, 3.05) is 75.1 Å². The van der Waals surface area contributed by atoms with Gasteiger partial charge in [0.05, 0.1) is 13.2 Å². The van der Waals surface area contributed by atoms with Crippen LogP contribution in [-0.4, -0.2) is 107 Å². The number of H-pyrrole nitrogens is 1. The number of aromatic nitrogens is 4. The molecule has 7 rings (SSSR count). The molecule has 0 unspecified atom stereocenters. The molecule has 3 aromatic rings. The third-order valence-corrected chi connectivity index (χ3v) is 10.6. The molecular weight excluding hydrogens is 580 g/mol. The lowest BCUT2D eigenvalue weighted by Gasteiger charge is -2.46. The topological polar surface area (TPSA) is 141 Å². The van der Waals surface area contributed by atoms with Crippen LogP contribution in [0, 0.1) is 19.3 Å². The van der Waals surface area contributed by atoms with Crippen molar-refractivity contribution in [3.8, 4) is 11.4 Å². The molecule has 1 amide bonds. The number of ether oxygens (including phenoxy) is 1. The summed E-state index contributed by atoms with van der Waals surface area (Å²) in [6.45, 7) is 12.6. The zero-order valence-electron chi connectivity index (χ0n) is 27.4. The summed E-state index contributed by atoms with van der Waals surface area (Å²) in [5.41, 5.74) is 11.6. The number of carbonyl (C=O) groups is 1. The maximum absolute atomic E-state index is 12.7. The number of aryl methyl sites for hydroxylation is 2. The van der Waals surface area contributed by atoms with Crippen LogP contribution >= 0.6 is 0 Å². The van der Waals surface area contributed by atoms with E-state index in [0.717, 1.165) is 76.5 Å². The van der Waals surface area contributed by atoms with Gasteiger partial charge in [-0.15, -0.1) is 0 Å². The number of amides is 1. The Hall–Kier alpha value is -3.74. The molecule has 5 heterocycles. The maximum atomic E-state index is 12.7. The predicted molar refractivity (Wildman–Crippen MR) is 181 cm³/mol. The summed E-state index contributed by atoms with van der Waals surface area (Å²) in [5, 5.41) is 14.5. The van der Waals surface area contributed by atoms with Gasteiger partial charge in [-0.3, -0.25) is 14.8 Å². The molecule has 5 N–H and O–H groups in total. The molecule has 12 nitrogen and oxygen atoms in total. The van der Waals surface area contributed by atoms with Crippen molar-refractivity contribution >= 4 is 28.9 Å². The lowest BCUT2D eigenvalue weighted by atomic mass is 9.71. The number of nitrogens with two attached hydrogens (primary N) is 1. The second kappa shape index (κ2) is 12.8. The molecule has 4 fully saturated rings. The Kier molecular flexibility index (Phi) is 8.60. The fraction of sp³-hybridized carbons (Fsp3) is 0.588. The number of likely N-dealkylation sites (N-methyl/N-ethyl adjacent to an activating group) is 1. The van der Waals surface area contributed by atoms with Crippen LogP contribution in [0.4, 0.5) is 23.0 Å². The van der Waals surface area contributed by atoms with Crippen molar-refractivity contribution in [1.29, 1.82) is 0 Å². The molecule has 1 spiro atoms. The summed E-state index contributed by atoms with van der Waals surface area (Å²) in [7, 11) is 2.21. The molecule has 1 saturated carbocycles. The zero-order chi connectivity index (χ0) is 31.8. The van der Waals surface area contributed by atoms with E-state index in [1.54, 1.807) is 0 Å². The first-order valence-corrected chi connectivity index (χ1v) is 16.9. The van der Waals surface area contributed by atoms with Crippen LogP contribution in [0.3, 0.4) is 0 Å². The van der Waals surface area contributed by atoms with Crippen molar-refractivity contribution in [2.24, 2.45) is 11.1 Å². The molecule has 0 radical (unpaired) electrons. The number of piperazine rings is 1. The summed E-state index contributed by atoms with van der Waals surface area (Å²) >= 11 is 0. The number of hydrogen-bond donors (Lipinski definition) is 4. The Bertz CT molecular complexity index is 1540. The largest absolute Gasteiger partial charge is 0.380 e. The van der Waals surface area contributed by atoms with Crippen LogP contribution in [0.2, 0.25) is 0 Å². The number of primary amides is 1. The van der Waals surface area contributed by atoms with Crippen molar-refractivity contribution in [3.05, 3.63) is 41.2 Å². The van der Waals surface area contributed by atoms with Gasteiger partial charge in [0, 0.05) is 73.8 Å². The van der Waals surface area contributed by atoms with Gasteiger partial charge in [-0.1, -0.05) is 0 Å². The molecule has 1 aliphatic carbocycles. The summed E-state index contributed by atoms with van der Waals surface area (Å²) in [5.74, 6) is 0.295. The molecule has 0 bridgehead atoms. The average Bonchev–Trinajstić information content (AvgIpc) is 3.47. The number of carbonyl (C=O) groups excluding carboxylic acids is 1. The van der Waals surface area contributed by atoms with Crippen LogP contribution in [0.25, 0.3) is 11.4 Å². The summed E-state index contributed by atoms with van der Waals surface area (Å²) in [6.07, 6.45) is 6.68. The van der Waals surface area contributed by atoms with E-state index in [0.29, 0.717) is 34.5 Å². The second-order valence-corrected chi connectivity index (χ2v) is 14.0. The average molecular weight is 629 g/mol. The van der Waals surface area contributed by atoms with Crippen LogP contribution in [0.5, 0.6) is 0 Å². The monoisotopic (exact) mass is 628 g/mol. The highest BCUT2D eigenvalue weighted by molar-refractivity contribution is 5.97. The standard InChI is InChI=1S/C34H48N10O2/c1-22-18-25(4-5-28(22)44-12-8-26(9-13-44)43-16-14-42(3)15-17-43)37-33-30(31(35)45)38-29(27-19-23(2)40-41-27)32(39-33)36-24-6-10-34(11-7-24)20-46-21-34/h4-5,18-19,24,26H,6-17,20-21H2,1-3H3,(H2,35,45)(H,40,41)(H2,36,37,39). The van der Waals surface area contributed by atoms with Crippen LogP contribution in [-0.2, 0) is 4.74 Å². The fourth-order valence-corrected chi connectivity index (χ4v) is 7.64. The highest BCUT2D eigenvalue weighted by atomic mass is 16.5.